The van der Waals surface area contributed by atoms with E-state index in [4.69, 9.17) is 5.26 Å². The Morgan fingerprint density at radius 3 is 2.54 bits per heavy atom. The molecule has 0 radical (unpaired) electrons. The van der Waals surface area contributed by atoms with Crippen LogP contribution in [0.4, 0.5) is 13.2 Å². The minimum absolute atomic E-state index is 0. The summed E-state index contributed by atoms with van der Waals surface area (Å²) >= 11 is 0. The molecule has 2 rings (SSSR count). The maximum Gasteiger partial charge on any atom is 2.00 e. The van der Waals surface area contributed by atoms with Crippen LogP contribution in [0.3, 0.4) is 0 Å². The van der Waals surface area contributed by atoms with Crippen molar-refractivity contribution in [2.45, 2.75) is 19.6 Å². The van der Waals surface area contributed by atoms with Crippen molar-refractivity contribution in [2.24, 2.45) is 4.99 Å². The van der Waals surface area contributed by atoms with Crippen LogP contribution < -0.4 is 5.11 Å². The van der Waals surface area contributed by atoms with E-state index in [2.05, 4.69) is 16.0 Å². The van der Waals surface area contributed by atoms with E-state index in [0.29, 0.717) is 0 Å². The smallest absolute Gasteiger partial charge is 0.857 e. The minimum atomic E-state index is -4.49. The maximum absolute atomic E-state index is 12.7. The number of aliphatic imine (C=N–C) groups is 1. The van der Waals surface area contributed by atoms with Crippen LogP contribution in [0.25, 0.3) is 0 Å². The van der Waals surface area contributed by atoms with Crippen LogP contribution in [0, 0.1) is 17.4 Å². The van der Waals surface area contributed by atoms with Crippen molar-refractivity contribution in [1.82, 2.24) is 4.98 Å². The van der Waals surface area contributed by atoms with Crippen LogP contribution in [0.15, 0.2) is 47.6 Å². The number of hydrogen-bond donors (Lipinski definition) is 0. The van der Waals surface area contributed by atoms with Crippen LogP contribution in [-0.2, 0) is 33.1 Å². The molecule has 2 aromatic rings. The third-order valence-corrected chi connectivity index (χ3v) is 2.51. The number of pyridine rings is 1. The van der Waals surface area contributed by atoms with Gasteiger partial charge in [0.25, 0.3) is 0 Å². The van der Waals surface area contributed by atoms with Crippen LogP contribution >= 0.6 is 0 Å². The van der Waals surface area contributed by atoms with E-state index in [9.17, 15) is 18.3 Å². The molecule has 0 saturated carbocycles. The molecule has 8 heteroatoms. The first-order chi connectivity index (χ1) is 10.9. The summed E-state index contributed by atoms with van der Waals surface area (Å²) in [4.78, 5) is 7.39. The number of halogens is 3. The standard InChI is InChI=1S/C14H10F3N2O.C2H3N.Pd/c15-14(16,17)11-6-2-1-5-10(11)9-19-13(20)12-7-3-4-8-18-12;1-2-3;/h1-4,6-8H,9H2,(H,19,20);1H3;/q-1;;+2/p-1. The minimum Gasteiger partial charge on any atom is -0.857 e. The van der Waals surface area contributed by atoms with Gasteiger partial charge in [0.15, 0.2) is 0 Å². The molecule has 4 nitrogen and oxygen atoms in total. The molecule has 0 spiro atoms. The van der Waals surface area contributed by atoms with Gasteiger partial charge in [0.2, 0.25) is 0 Å². The van der Waals surface area contributed by atoms with Gasteiger partial charge < -0.3 is 5.11 Å². The van der Waals surface area contributed by atoms with E-state index in [1.165, 1.54) is 31.3 Å². The van der Waals surface area contributed by atoms with Crippen molar-refractivity contribution in [1.29, 1.82) is 5.26 Å². The quantitative estimate of drug-likeness (QED) is 0.328. The molecule has 0 fully saturated rings. The zero-order valence-corrected chi connectivity index (χ0v) is 14.0. The molecule has 128 valence electrons. The fourth-order valence-electron chi connectivity index (χ4n) is 1.59. The second-order valence-corrected chi connectivity index (χ2v) is 4.12. The second kappa shape index (κ2) is 10.5. The summed E-state index contributed by atoms with van der Waals surface area (Å²) in [6.45, 7) is 1.05. The molecular weight excluding hydrogens is 414 g/mol. The summed E-state index contributed by atoms with van der Waals surface area (Å²) in [5.41, 5.74) is -0.904. The van der Waals surface area contributed by atoms with Crippen LogP contribution in [0.1, 0.15) is 23.7 Å². The summed E-state index contributed by atoms with van der Waals surface area (Å²) in [6, 6.07) is 12.4. The second-order valence-electron chi connectivity index (χ2n) is 4.12. The van der Waals surface area contributed by atoms with Crippen molar-refractivity contribution in [3.05, 3.63) is 65.5 Å². The molecule has 0 aliphatic rings. The van der Waals surface area contributed by atoms with E-state index in [0.717, 1.165) is 6.07 Å². The first-order valence-electron chi connectivity index (χ1n) is 6.40. The van der Waals surface area contributed by atoms with Gasteiger partial charge in [-0.25, -0.2) is 0 Å². The van der Waals surface area contributed by atoms with E-state index >= 15 is 0 Å². The van der Waals surface area contributed by atoms with Gasteiger partial charge in [0, 0.05) is 25.6 Å². The van der Waals surface area contributed by atoms with Crippen molar-refractivity contribution in [3.63, 3.8) is 0 Å². The normalized spacial score (nSPS) is 10.7. The van der Waals surface area contributed by atoms with Crippen molar-refractivity contribution < 1.29 is 38.7 Å². The summed E-state index contributed by atoms with van der Waals surface area (Å²) in [6.07, 6.45) is -3.07. The Bertz CT molecular complexity index is 698. The van der Waals surface area contributed by atoms with Gasteiger partial charge in [-0.15, -0.1) is 5.56 Å². The number of benzene rings is 1. The molecule has 0 aliphatic heterocycles. The monoisotopic (exact) mass is 425 g/mol. The summed E-state index contributed by atoms with van der Waals surface area (Å²) in [7, 11) is 0. The summed E-state index contributed by atoms with van der Waals surface area (Å²) in [5, 5.41) is 19.0. The Kier molecular flexibility index (Phi) is 9.56. The summed E-state index contributed by atoms with van der Waals surface area (Å²) < 4.78 is 38.2. The third-order valence-electron chi connectivity index (χ3n) is 2.51. The van der Waals surface area contributed by atoms with Gasteiger partial charge in [0.05, 0.1) is 11.8 Å². The Hall–Kier alpha value is -2.22. The third kappa shape index (κ3) is 6.91. The molecular formula is C16H12F3N3OPd. The zero-order valence-electron chi connectivity index (χ0n) is 12.4. The number of aromatic nitrogens is 1. The van der Waals surface area contributed by atoms with Gasteiger partial charge in [-0.2, -0.15) is 42.7 Å². The molecule has 1 aromatic carbocycles. The van der Waals surface area contributed by atoms with Gasteiger partial charge in [-0.3, -0.25) is 9.98 Å². The van der Waals surface area contributed by atoms with Gasteiger partial charge in [0.1, 0.15) is 0 Å². The van der Waals surface area contributed by atoms with E-state index in [1.54, 1.807) is 18.2 Å². The molecule has 1 aromatic heterocycles. The molecule has 24 heavy (non-hydrogen) atoms. The molecule has 0 saturated heterocycles. The average Bonchev–Trinajstić information content (AvgIpc) is 2.53. The molecule has 0 N–H and O–H groups in total. The molecule has 0 bridgehead atoms. The van der Waals surface area contributed by atoms with E-state index in [-0.39, 0.29) is 38.2 Å². The Morgan fingerprint density at radius 1 is 1.33 bits per heavy atom. The SMILES string of the molecule is CC#N.[O-]C(=NCc1[c-]cccc1C(F)(F)F)c1ccccn1.[Pd+2]. The van der Waals surface area contributed by atoms with Crippen molar-refractivity contribution >= 4 is 5.90 Å². The largest absolute Gasteiger partial charge is 2.00 e. The van der Waals surface area contributed by atoms with Crippen molar-refractivity contribution in [2.75, 3.05) is 0 Å². The zero-order chi connectivity index (χ0) is 17.3. The van der Waals surface area contributed by atoms with E-state index in [1.807, 2.05) is 0 Å². The van der Waals surface area contributed by atoms with Gasteiger partial charge in [-0.05, 0) is 17.7 Å². The van der Waals surface area contributed by atoms with Gasteiger partial charge in [-0.1, -0.05) is 6.07 Å². The first-order valence-corrected chi connectivity index (χ1v) is 6.40. The molecule has 0 atom stereocenters. The van der Waals surface area contributed by atoms with Crippen LogP contribution in [-0.4, -0.2) is 10.9 Å². The predicted molar refractivity (Wildman–Crippen MR) is 76.0 cm³/mol. The Balaban J connectivity index is 0.00000123. The summed E-state index contributed by atoms with van der Waals surface area (Å²) in [5.74, 6) is -0.657. The fraction of sp³-hybridized carbons (Fsp3) is 0.188. The number of rotatable bonds is 3. The van der Waals surface area contributed by atoms with Gasteiger partial charge >= 0.3 is 26.6 Å². The molecule has 0 aliphatic carbocycles. The first kappa shape index (κ1) is 21.8. The van der Waals surface area contributed by atoms with Crippen LogP contribution in [0.5, 0.6) is 0 Å². The topological polar surface area (TPSA) is 72.1 Å². The number of hydrogen-bond acceptors (Lipinski definition) is 4. The van der Waals surface area contributed by atoms with E-state index < -0.39 is 17.6 Å². The molecule has 1 heterocycles. The van der Waals surface area contributed by atoms with Crippen LogP contribution in [0.2, 0.25) is 0 Å². The Morgan fingerprint density at radius 2 is 2.00 bits per heavy atom. The maximum atomic E-state index is 12.7. The molecule has 0 unspecified atom stereocenters. The molecule has 0 amide bonds. The Labute approximate surface area is 151 Å². The fourth-order valence-corrected chi connectivity index (χ4v) is 1.59. The van der Waals surface area contributed by atoms with Crippen molar-refractivity contribution in [3.8, 4) is 6.07 Å². The average molecular weight is 426 g/mol. The number of nitrogens with zero attached hydrogens (tertiary/aromatic N) is 3. The predicted octanol–water partition coefficient (Wildman–Crippen LogP) is 2.74. The number of alkyl halides is 3. The number of nitriles is 1.